The zero-order chi connectivity index (χ0) is 161. The van der Waals surface area contributed by atoms with Crippen LogP contribution in [0.5, 0.6) is 0 Å². The summed E-state index contributed by atoms with van der Waals surface area (Å²) in [5.74, 6) is 0. The number of fused-ring (bicyclic) bond motifs is 23. The third-order valence-corrected chi connectivity index (χ3v) is 22.6. The van der Waals surface area contributed by atoms with Gasteiger partial charge in [-0.1, -0.05) is 453 Å². The van der Waals surface area contributed by atoms with E-state index >= 15 is 0 Å². The first-order valence-corrected chi connectivity index (χ1v) is 40.5. The lowest BCUT2D eigenvalue weighted by Gasteiger charge is -2.19. The Hall–Kier alpha value is -18.0. The zero-order valence-corrected chi connectivity index (χ0v) is 68.2. The van der Waals surface area contributed by atoms with Gasteiger partial charge in [-0.2, -0.15) is 0 Å². The molecule has 3 nitrogen and oxygen atoms in total. The molecule has 0 aliphatic rings. The summed E-state index contributed by atoms with van der Waals surface area (Å²) in [6.07, 6.45) is 0. The maximum Gasteiger partial charge on any atom is 0.143 e. The van der Waals surface area contributed by atoms with Crippen LogP contribution < -0.4 is 0 Å². The van der Waals surface area contributed by atoms with Gasteiger partial charge in [0.05, 0.1) is 112 Å². The molecule has 26 aromatic carbocycles. The minimum Gasteiger partial charge on any atom is -0.455 e. The third kappa shape index (κ3) is 13.0. The monoisotopic (exact) mass is 1820 g/mol. The van der Waals surface area contributed by atoms with Crippen LogP contribution in [-0.2, 0) is 0 Å². The van der Waals surface area contributed by atoms with Crippen molar-refractivity contribution in [1.82, 2.24) is 0 Å². The van der Waals surface area contributed by atoms with Crippen LogP contribution in [0.4, 0.5) is 0 Å². The van der Waals surface area contributed by atoms with Crippen LogP contribution in [0, 0.1) is 0 Å². The molecule has 137 heavy (non-hydrogen) atoms. The van der Waals surface area contributed by atoms with E-state index in [-0.39, 0.29) is 0 Å². The van der Waals surface area contributed by atoms with Gasteiger partial charge in [-0.25, -0.2) is 0 Å². The molecule has 0 atom stereocenters. The highest BCUT2D eigenvalue weighted by atomic mass is 16.3. The van der Waals surface area contributed by atoms with Gasteiger partial charge in [-0.15, -0.1) is 0 Å². The maximum atomic E-state index is 9.68. The average Bonchev–Trinajstić information content (AvgIpc) is 1.33. The van der Waals surface area contributed by atoms with Gasteiger partial charge < -0.3 is 13.3 Å². The van der Waals surface area contributed by atoms with Crippen LogP contribution in [0.3, 0.4) is 0 Å². The molecule has 0 aliphatic heterocycles. The highest BCUT2D eigenvalue weighted by Gasteiger charge is 2.25. The number of benzene rings is 26. The van der Waals surface area contributed by atoms with E-state index in [0.29, 0.717) is 0 Å². The van der Waals surface area contributed by atoms with Crippen molar-refractivity contribution in [2.24, 2.45) is 0 Å². The minimum absolute atomic E-state index is 0.411. The summed E-state index contributed by atoms with van der Waals surface area (Å²) < 4.78 is 752. The van der Waals surface area contributed by atoms with Gasteiger partial charge in [0.1, 0.15) is 33.5 Å². The Labute approximate surface area is 904 Å². The molecule has 0 N–H and O–H groups in total. The second kappa shape index (κ2) is 32.5. The quantitative estimate of drug-likeness (QED) is 0.135. The van der Waals surface area contributed by atoms with E-state index in [1.165, 1.54) is 0 Å². The highest BCUT2D eigenvalue weighted by molar-refractivity contribution is 6.28. The molecule has 29 rings (SSSR count). The molecule has 0 aliphatic carbocycles. The van der Waals surface area contributed by atoms with Gasteiger partial charge in [0.2, 0.25) is 0 Å². The van der Waals surface area contributed by atoms with E-state index in [4.69, 9.17) is 85.9 Å². The fourth-order valence-corrected chi connectivity index (χ4v) is 16.8. The van der Waals surface area contributed by atoms with Gasteiger partial charge in [-0.3, -0.25) is 0 Å². The molecule has 0 fully saturated rings. The minimum atomic E-state index is -1.11. The second-order valence-corrected chi connectivity index (χ2v) is 29.8. The van der Waals surface area contributed by atoms with Crippen molar-refractivity contribution in [3.05, 3.63) is 495 Å². The SMILES string of the molecule is [2H]c1c([2H])c(-c2c([2H])c([2H])c([2H])c3oc4c5c([2H])c([2H])c([2H])c([2H])c5c([2H])c([2H])c4c23)c([2H])c([2H])c1-c1c2c([2H])c([2H])c([2H])c([2H])c2c(-c2c([2H])c([2H])c([2H])c3c([2H])c([2H])c([2H])c([2H])c23)c2c([2H])c([2H])c([2H])c([2H])c12.[2H]c1c([2H])c(-c2c([2H])c([2H])c([2H])c3oc4c5c([2H])c([2H])c([2H])c([2H])c5c([2H])c([2H])c4c23)c([2H])c([2H])c1-c1c2c([2H])c([2H])c([2H])c([2H])c2c(-c2c([2H])c([2H])c3c([2H])c([2H])c([2H])c([2H])c3c2[2H])c2c([2H])c([2H])c([2H])c([2H])c12.[2H]c1c([2H])c([2H])c(-c2c3c([2H])c([2H])c([2H])c([2H])c3c(-c3c([2H])c([2H])c(-c4c([2H])c([2H])c([2H])c5oc6c7c([2H])c([2H])c([2H])c([2H])c7c([2H])c([2H])c6c45)c([2H])c3[2H])c3c([2H])c([2H])c([2H])c([2H])c23)c([2H])c1[2H]. The summed E-state index contributed by atoms with van der Waals surface area (Å²) in [6.45, 7) is 0. The summed E-state index contributed by atoms with van der Waals surface area (Å²) >= 11 is 0. The van der Waals surface area contributed by atoms with Crippen molar-refractivity contribution in [1.29, 1.82) is 0 Å². The maximum absolute atomic E-state index is 9.68. The average molecular weight is 1820 g/mol. The molecule has 636 valence electrons. The molecule has 0 unspecified atom stereocenters. The molecule has 0 saturated heterocycles. The fourth-order valence-electron chi connectivity index (χ4n) is 16.8. The Bertz CT molecular complexity index is 15100. The fraction of sp³-hybridized carbons (Fsp3) is 0. The van der Waals surface area contributed by atoms with Crippen molar-refractivity contribution >= 4 is 184 Å². The van der Waals surface area contributed by atoms with Crippen molar-refractivity contribution in [3.8, 4) is 100 Å². The Balaban J connectivity index is 0.000000147. The van der Waals surface area contributed by atoms with E-state index in [2.05, 4.69) is 0 Å². The predicted octanol–water partition coefficient (Wildman–Crippen LogP) is 38.4. The standard InChI is InChI=1S/2C46H28O.C42H26O/c1-3-14-33-29(11-1)13-9-21-36(33)44-39-18-7-5-16-37(39)43(38-17-6-8-19-40(38)44)32-25-23-31(24-26-32)34-20-10-22-42-45(34)41-28-27-30-12-2-4-15-35(30)46(41)47-42;1-2-12-33-28-34(25-20-29(33)10-1)44-39-16-7-5-14-37(39)43(38-15-6-8-17-40(38)44)32-23-21-31(22-24-32)35-18-9-19-42-45(35)41-27-26-30-11-3-4-13-36(30)46(41)47-42;1-2-12-29(13-3-1)39-33-15-6-8-17-35(33)40(36-18-9-7-16-34(36)39)30-23-21-28(22-24-30)31-19-10-20-38-41(31)37-26-25-27-11-4-5-14-32(27)42(37)43-38/h2*1-28H;1-26H/i2*1D,2D,3D,4D,5D,6D,7D,8D,9D,10D,11D,12D,13D,14D,15D,16D,17D,18D,19D,20D,21D,22D,23D,24D,25D,26D,27D,28D;1D,2D,3D,4D,5D,6D,7D,8D,9D,10D,11D,12D,13D,14D,15D,16D,17D,18D,19D,20D,21D,22D,23D,24D,25D,26D. The van der Waals surface area contributed by atoms with E-state index in [9.17, 15) is 39.8 Å². The molecule has 3 aromatic heterocycles. The lowest BCUT2D eigenvalue weighted by atomic mass is 9.84. The smallest absolute Gasteiger partial charge is 0.143 e. The van der Waals surface area contributed by atoms with E-state index < -0.39 is 780 Å². The number of hydrogen-bond acceptors (Lipinski definition) is 3. The van der Waals surface area contributed by atoms with Crippen LogP contribution >= 0.6 is 0 Å². The van der Waals surface area contributed by atoms with Gasteiger partial charge in [0.25, 0.3) is 0 Å². The summed E-state index contributed by atoms with van der Waals surface area (Å²) in [7, 11) is 0. The number of rotatable bonds is 9. The van der Waals surface area contributed by atoms with Gasteiger partial charge in [0, 0.05) is 48.5 Å². The first-order valence-electron chi connectivity index (χ1n) is 81.5. The van der Waals surface area contributed by atoms with Gasteiger partial charge >= 0.3 is 0 Å². The lowest BCUT2D eigenvalue weighted by Crippen LogP contribution is -1.91. The van der Waals surface area contributed by atoms with E-state index in [1.54, 1.807) is 0 Å². The normalized spacial score (nSPS) is 20.2. The van der Waals surface area contributed by atoms with Gasteiger partial charge in [-0.05, 0) is 245 Å². The molecule has 0 spiro atoms. The Morgan fingerprint density at radius 3 is 0.679 bits per heavy atom. The predicted molar refractivity (Wildman–Crippen MR) is 583 cm³/mol. The summed E-state index contributed by atoms with van der Waals surface area (Å²) in [6, 6.07) is -74.9. The Morgan fingerprint density at radius 1 is 0.124 bits per heavy atom. The molecule has 29 aromatic rings. The second-order valence-electron chi connectivity index (χ2n) is 29.8. The van der Waals surface area contributed by atoms with Gasteiger partial charge in [0.15, 0.2) is 0 Å². The molecular formula is C134H82O3. The van der Waals surface area contributed by atoms with E-state index in [1.807, 2.05) is 0 Å². The van der Waals surface area contributed by atoms with Crippen molar-refractivity contribution in [3.63, 3.8) is 0 Å². The summed E-state index contributed by atoms with van der Waals surface area (Å²) in [5.41, 5.74) is -16.9. The van der Waals surface area contributed by atoms with Crippen LogP contribution in [0.25, 0.3) is 284 Å². The molecular weight excluding hydrogens is 1660 g/mol. The van der Waals surface area contributed by atoms with Crippen LogP contribution in [-0.4, -0.2) is 0 Å². The third-order valence-electron chi connectivity index (χ3n) is 22.6. The number of hydrogen-bond donors (Lipinski definition) is 0. The Kier molecular flexibility index (Phi) is 7.62. The van der Waals surface area contributed by atoms with Crippen LogP contribution in [0.15, 0.2) is 509 Å². The Morgan fingerprint density at radius 2 is 0.343 bits per heavy atom. The van der Waals surface area contributed by atoms with Crippen molar-refractivity contribution in [2.45, 2.75) is 0 Å². The largest absolute Gasteiger partial charge is 0.455 e. The number of furan rings is 3. The summed E-state index contributed by atoms with van der Waals surface area (Å²) in [4.78, 5) is 0. The molecule has 0 bridgehead atoms. The molecule has 3 heterocycles. The molecule has 0 amide bonds. The first kappa shape index (κ1) is 32.1. The highest BCUT2D eigenvalue weighted by Crippen LogP contribution is 2.52. The molecule has 0 radical (unpaired) electrons. The molecule has 3 heteroatoms. The topological polar surface area (TPSA) is 39.4 Å². The zero-order valence-electron chi connectivity index (χ0n) is 150. The van der Waals surface area contributed by atoms with E-state index in [0.717, 1.165) is 0 Å². The van der Waals surface area contributed by atoms with Crippen LogP contribution in [0.2, 0.25) is 0 Å². The molecule has 0 saturated carbocycles. The lowest BCUT2D eigenvalue weighted by molar-refractivity contribution is 0.672. The van der Waals surface area contributed by atoms with Crippen molar-refractivity contribution < 1.29 is 126 Å². The van der Waals surface area contributed by atoms with Crippen molar-refractivity contribution in [2.75, 3.05) is 0 Å². The summed E-state index contributed by atoms with van der Waals surface area (Å²) in [5, 5.41) is -16.7. The van der Waals surface area contributed by atoms with Crippen LogP contribution in [0.1, 0.15) is 112 Å². The first-order chi connectivity index (χ1) is 102.